The van der Waals surface area contributed by atoms with Gasteiger partial charge in [-0.3, -0.25) is 0 Å². The fourth-order valence-electron chi connectivity index (χ4n) is 0.981. The van der Waals surface area contributed by atoms with Crippen molar-refractivity contribution in [2.45, 2.75) is 39.5 Å². The standard InChI is InChI=1S/C8H19P.Nd/c1-3-5-6-8(4-2)7-9;/h8H,3-7,9H2,1-2H3;. The molecule has 0 amide bonds. The van der Waals surface area contributed by atoms with Gasteiger partial charge in [-0.2, -0.15) is 0 Å². The molecule has 0 saturated carbocycles. The van der Waals surface area contributed by atoms with Crippen molar-refractivity contribution in [3.05, 3.63) is 0 Å². The van der Waals surface area contributed by atoms with Crippen molar-refractivity contribution >= 4 is 9.24 Å². The van der Waals surface area contributed by atoms with Crippen LogP contribution >= 0.6 is 9.24 Å². The molecular weight excluding hydrogens is 271 g/mol. The molecule has 0 heterocycles. The van der Waals surface area contributed by atoms with E-state index in [-0.39, 0.29) is 40.8 Å². The van der Waals surface area contributed by atoms with E-state index in [4.69, 9.17) is 0 Å². The van der Waals surface area contributed by atoms with Crippen LogP contribution in [0.2, 0.25) is 0 Å². The van der Waals surface area contributed by atoms with E-state index in [9.17, 15) is 0 Å². The number of unbranched alkanes of at least 4 members (excludes halogenated alkanes) is 1. The SMILES string of the molecule is CCCCC(CC)CP.[Nd]. The van der Waals surface area contributed by atoms with Crippen LogP contribution in [0.1, 0.15) is 39.5 Å². The molecule has 0 nitrogen and oxygen atoms in total. The monoisotopic (exact) mass is 288 g/mol. The average molecular weight is 290 g/mol. The van der Waals surface area contributed by atoms with E-state index in [2.05, 4.69) is 23.1 Å². The second-order valence-electron chi connectivity index (χ2n) is 2.65. The van der Waals surface area contributed by atoms with Gasteiger partial charge in [0, 0.05) is 40.8 Å². The second-order valence-corrected chi connectivity index (χ2v) is 3.12. The van der Waals surface area contributed by atoms with Gasteiger partial charge in [0.2, 0.25) is 0 Å². The van der Waals surface area contributed by atoms with Crippen molar-refractivity contribution in [3.8, 4) is 0 Å². The largest absolute Gasteiger partial charge is 0.137 e. The zero-order chi connectivity index (χ0) is 7.11. The molecule has 0 aromatic rings. The maximum atomic E-state index is 2.83. The summed E-state index contributed by atoms with van der Waals surface area (Å²) >= 11 is 0. The summed E-state index contributed by atoms with van der Waals surface area (Å²) in [5, 5.41) is 0. The van der Waals surface area contributed by atoms with Gasteiger partial charge in [-0.15, -0.1) is 9.24 Å². The first kappa shape index (κ1) is 14.3. The van der Waals surface area contributed by atoms with Crippen LogP contribution in [-0.4, -0.2) is 6.16 Å². The van der Waals surface area contributed by atoms with Gasteiger partial charge in [0.15, 0.2) is 0 Å². The molecule has 0 aliphatic heterocycles. The summed E-state index contributed by atoms with van der Waals surface area (Å²) in [5.41, 5.74) is 0. The van der Waals surface area contributed by atoms with E-state index >= 15 is 0 Å². The predicted octanol–water partition coefficient (Wildman–Crippen LogP) is 3.08. The summed E-state index contributed by atoms with van der Waals surface area (Å²) in [6.45, 7) is 4.54. The van der Waals surface area contributed by atoms with Gasteiger partial charge in [-0.25, -0.2) is 0 Å². The third-order valence-electron chi connectivity index (χ3n) is 1.88. The smallest absolute Gasteiger partial charge is 0 e. The van der Waals surface area contributed by atoms with E-state index in [1.807, 2.05) is 0 Å². The summed E-state index contributed by atoms with van der Waals surface area (Å²) < 4.78 is 0. The number of hydrogen-bond donors (Lipinski definition) is 0. The summed E-state index contributed by atoms with van der Waals surface area (Å²) in [7, 11) is 2.83. The molecule has 0 aliphatic carbocycles. The third kappa shape index (κ3) is 7.88. The molecule has 60 valence electrons. The summed E-state index contributed by atoms with van der Waals surface area (Å²) in [5.74, 6) is 0.968. The Kier molecular flexibility index (Phi) is 15.4. The summed E-state index contributed by atoms with van der Waals surface area (Å²) in [6.07, 6.45) is 6.82. The maximum absolute atomic E-state index is 2.83. The molecule has 10 heavy (non-hydrogen) atoms. The van der Waals surface area contributed by atoms with Crippen molar-refractivity contribution in [1.82, 2.24) is 0 Å². The van der Waals surface area contributed by atoms with Crippen molar-refractivity contribution < 1.29 is 40.8 Å². The Balaban J connectivity index is 0. The van der Waals surface area contributed by atoms with Crippen LogP contribution in [0.4, 0.5) is 0 Å². The van der Waals surface area contributed by atoms with Gasteiger partial charge in [0.25, 0.3) is 0 Å². The topological polar surface area (TPSA) is 0 Å². The van der Waals surface area contributed by atoms with Gasteiger partial charge in [-0.05, 0) is 12.1 Å². The zero-order valence-corrected chi connectivity index (χ0v) is 11.6. The second kappa shape index (κ2) is 10.8. The molecule has 0 spiro atoms. The predicted molar refractivity (Wildman–Crippen MR) is 47.9 cm³/mol. The Morgan fingerprint density at radius 1 is 1.30 bits per heavy atom. The van der Waals surface area contributed by atoms with E-state index in [0.29, 0.717) is 0 Å². The Morgan fingerprint density at radius 3 is 2.20 bits per heavy atom. The Morgan fingerprint density at radius 2 is 1.90 bits per heavy atom. The molecule has 0 aromatic heterocycles. The average Bonchev–Trinajstić information content (AvgIpc) is 1.91. The van der Waals surface area contributed by atoms with Crippen LogP contribution in [0, 0.1) is 46.8 Å². The minimum Gasteiger partial charge on any atom is -0.137 e. The fraction of sp³-hybridized carbons (Fsp3) is 1.00. The van der Waals surface area contributed by atoms with Crippen LogP contribution in [0.25, 0.3) is 0 Å². The first-order valence-electron chi connectivity index (χ1n) is 4.05. The quantitative estimate of drug-likeness (QED) is 0.683. The van der Waals surface area contributed by atoms with E-state index in [0.717, 1.165) is 5.92 Å². The minimum atomic E-state index is 0. The molecule has 0 aliphatic rings. The molecule has 0 rings (SSSR count). The van der Waals surface area contributed by atoms with E-state index in [1.54, 1.807) is 0 Å². The van der Waals surface area contributed by atoms with Crippen LogP contribution in [-0.2, 0) is 0 Å². The van der Waals surface area contributed by atoms with Crippen molar-refractivity contribution in [2.75, 3.05) is 6.16 Å². The molecule has 0 radical (unpaired) electrons. The third-order valence-corrected chi connectivity index (χ3v) is 2.54. The normalized spacial score (nSPS) is 12.3. The van der Waals surface area contributed by atoms with Crippen LogP contribution in [0.15, 0.2) is 0 Å². The van der Waals surface area contributed by atoms with Gasteiger partial charge < -0.3 is 0 Å². The van der Waals surface area contributed by atoms with Crippen LogP contribution in [0.5, 0.6) is 0 Å². The number of rotatable bonds is 5. The Labute approximate surface area is 101 Å². The van der Waals surface area contributed by atoms with Gasteiger partial charge in [-0.1, -0.05) is 39.5 Å². The summed E-state index contributed by atoms with van der Waals surface area (Å²) in [6, 6.07) is 0. The van der Waals surface area contributed by atoms with Gasteiger partial charge in [0.05, 0.1) is 0 Å². The number of hydrogen-bond acceptors (Lipinski definition) is 0. The van der Waals surface area contributed by atoms with Crippen LogP contribution < -0.4 is 0 Å². The van der Waals surface area contributed by atoms with Crippen molar-refractivity contribution in [3.63, 3.8) is 0 Å². The van der Waals surface area contributed by atoms with E-state index in [1.165, 1.54) is 31.8 Å². The molecule has 0 aromatic carbocycles. The van der Waals surface area contributed by atoms with E-state index < -0.39 is 0 Å². The first-order valence-corrected chi connectivity index (χ1v) is 4.86. The van der Waals surface area contributed by atoms with Gasteiger partial charge in [0.1, 0.15) is 0 Å². The maximum Gasteiger partial charge on any atom is 0 e. The molecule has 0 fully saturated rings. The fourth-order valence-corrected chi connectivity index (χ4v) is 1.55. The molecule has 2 atom stereocenters. The minimum absolute atomic E-state index is 0. The molecule has 0 N–H and O–H groups in total. The van der Waals surface area contributed by atoms with Crippen LogP contribution in [0.3, 0.4) is 0 Å². The zero-order valence-electron chi connectivity index (χ0n) is 7.19. The summed E-state index contributed by atoms with van der Waals surface area (Å²) in [4.78, 5) is 0. The Hall–Kier alpha value is 1.78. The molecule has 2 heteroatoms. The van der Waals surface area contributed by atoms with Crippen molar-refractivity contribution in [1.29, 1.82) is 0 Å². The van der Waals surface area contributed by atoms with Crippen molar-refractivity contribution in [2.24, 2.45) is 5.92 Å². The van der Waals surface area contributed by atoms with Gasteiger partial charge >= 0.3 is 0 Å². The molecule has 2 unspecified atom stereocenters. The molecular formula is C8H19NdP. The molecule has 0 bridgehead atoms. The first-order chi connectivity index (χ1) is 4.35. The molecule has 0 saturated heterocycles. The Bertz CT molecular complexity index is 53.2.